The number of pyridine rings is 1. The van der Waals surface area contributed by atoms with E-state index in [-0.39, 0.29) is 16.5 Å². The minimum absolute atomic E-state index is 0.00896. The first-order valence-electron chi connectivity index (χ1n) is 6.26. The normalized spacial score (nSPS) is 12.7. The second kappa shape index (κ2) is 4.72. The number of aromatic carboxylic acids is 1. The van der Waals surface area contributed by atoms with Crippen LogP contribution in [0.4, 0.5) is 13.2 Å². The van der Waals surface area contributed by atoms with Crippen LogP contribution in [-0.4, -0.2) is 16.1 Å². The molecule has 0 bridgehead atoms. The fourth-order valence-electron chi connectivity index (χ4n) is 1.96. The number of nitrogens with zero attached hydrogens (tertiary/aromatic N) is 1. The molecular formula is C15H14F3NO2. The lowest BCUT2D eigenvalue weighted by Crippen LogP contribution is -2.15. The largest absolute Gasteiger partial charge is 0.478 e. The first-order chi connectivity index (χ1) is 9.50. The van der Waals surface area contributed by atoms with Crippen molar-refractivity contribution in [1.29, 1.82) is 0 Å². The molecule has 112 valence electrons. The predicted molar refractivity (Wildman–Crippen MR) is 72.4 cm³/mol. The van der Waals surface area contributed by atoms with Gasteiger partial charge in [0.25, 0.3) is 0 Å². The monoisotopic (exact) mass is 297 g/mol. The molecule has 0 radical (unpaired) electrons. The van der Waals surface area contributed by atoms with Crippen molar-refractivity contribution in [1.82, 2.24) is 4.98 Å². The molecule has 0 aliphatic rings. The summed E-state index contributed by atoms with van der Waals surface area (Å²) in [5.41, 5.74) is -0.694. The van der Waals surface area contributed by atoms with Crippen LogP contribution in [0.25, 0.3) is 10.9 Å². The third kappa shape index (κ3) is 2.99. The standard InChI is InChI=1S/C15H14F3NO2/c1-14(2,3)12-7-10(13(20)21)9-6-8(15(16,17)18)4-5-11(9)19-12/h4-7H,1-3H3,(H,20,21). The van der Waals surface area contributed by atoms with Gasteiger partial charge in [-0.25, -0.2) is 4.79 Å². The number of hydrogen-bond donors (Lipinski definition) is 1. The highest BCUT2D eigenvalue weighted by atomic mass is 19.4. The number of rotatable bonds is 1. The van der Waals surface area contributed by atoms with E-state index < -0.39 is 23.1 Å². The Morgan fingerprint density at radius 1 is 1.14 bits per heavy atom. The van der Waals surface area contributed by atoms with Crippen LogP contribution >= 0.6 is 0 Å². The molecule has 1 heterocycles. The molecule has 0 aliphatic heterocycles. The summed E-state index contributed by atoms with van der Waals surface area (Å²) in [6.07, 6.45) is -4.52. The zero-order valence-electron chi connectivity index (χ0n) is 11.7. The Kier molecular flexibility index (Phi) is 3.43. The Labute approximate surface area is 119 Å². The van der Waals surface area contributed by atoms with Crippen molar-refractivity contribution in [2.45, 2.75) is 32.4 Å². The van der Waals surface area contributed by atoms with Crippen molar-refractivity contribution in [3.05, 3.63) is 41.1 Å². The van der Waals surface area contributed by atoms with Crippen LogP contribution in [0.3, 0.4) is 0 Å². The van der Waals surface area contributed by atoms with Gasteiger partial charge in [0.2, 0.25) is 0 Å². The highest BCUT2D eigenvalue weighted by Crippen LogP contribution is 2.33. The summed E-state index contributed by atoms with van der Waals surface area (Å²) >= 11 is 0. The molecule has 6 heteroatoms. The molecule has 1 aromatic heterocycles. The predicted octanol–water partition coefficient (Wildman–Crippen LogP) is 4.25. The third-order valence-corrected chi connectivity index (χ3v) is 3.13. The van der Waals surface area contributed by atoms with Crippen LogP contribution in [0.1, 0.15) is 42.4 Å². The Balaban J connectivity index is 2.80. The van der Waals surface area contributed by atoms with Crippen LogP contribution in [0, 0.1) is 0 Å². The zero-order valence-corrected chi connectivity index (χ0v) is 11.7. The Hall–Kier alpha value is -2.11. The summed E-state index contributed by atoms with van der Waals surface area (Å²) in [7, 11) is 0. The van der Waals surface area contributed by atoms with Gasteiger partial charge in [0.15, 0.2) is 0 Å². The maximum Gasteiger partial charge on any atom is 0.416 e. The van der Waals surface area contributed by atoms with Gasteiger partial charge in [0.05, 0.1) is 16.6 Å². The van der Waals surface area contributed by atoms with Gasteiger partial charge in [-0.1, -0.05) is 20.8 Å². The van der Waals surface area contributed by atoms with Crippen molar-refractivity contribution in [3.8, 4) is 0 Å². The van der Waals surface area contributed by atoms with Gasteiger partial charge >= 0.3 is 12.1 Å². The van der Waals surface area contributed by atoms with Crippen molar-refractivity contribution >= 4 is 16.9 Å². The van der Waals surface area contributed by atoms with E-state index in [1.165, 1.54) is 12.1 Å². The number of benzene rings is 1. The molecule has 0 spiro atoms. The van der Waals surface area contributed by atoms with Crippen LogP contribution in [0.2, 0.25) is 0 Å². The highest BCUT2D eigenvalue weighted by molar-refractivity contribution is 6.02. The maximum absolute atomic E-state index is 12.7. The Morgan fingerprint density at radius 3 is 2.24 bits per heavy atom. The van der Waals surface area contributed by atoms with E-state index >= 15 is 0 Å². The molecule has 3 nitrogen and oxygen atoms in total. The molecule has 0 unspecified atom stereocenters. The smallest absolute Gasteiger partial charge is 0.416 e. The van der Waals surface area contributed by atoms with Crippen LogP contribution < -0.4 is 0 Å². The summed E-state index contributed by atoms with van der Waals surface area (Å²) < 4.78 is 38.2. The van der Waals surface area contributed by atoms with E-state index in [1.807, 2.05) is 20.8 Å². The average Bonchev–Trinajstić information content (AvgIpc) is 2.34. The van der Waals surface area contributed by atoms with Gasteiger partial charge < -0.3 is 5.11 Å². The zero-order chi connectivity index (χ0) is 16.0. The number of halogens is 3. The van der Waals surface area contributed by atoms with Gasteiger partial charge in [0, 0.05) is 16.5 Å². The molecule has 0 aliphatic carbocycles. The van der Waals surface area contributed by atoms with Gasteiger partial charge in [-0.15, -0.1) is 0 Å². The van der Waals surface area contributed by atoms with E-state index in [0.29, 0.717) is 5.69 Å². The summed E-state index contributed by atoms with van der Waals surface area (Å²) in [6, 6.07) is 4.29. The number of carboxylic acid groups (broad SMARTS) is 1. The molecule has 0 amide bonds. The maximum atomic E-state index is 12.7. The molecule has 0 saturated heterocycles. The summed E-state index contributed by atoms with van der Waals surface area (Å²) in [5, 5.41) is 9.25. The van der Waals surface area contributed by atoms with Gasteiger partial charge in [-0.3, -0.25) is 4.98 Å². The van der Waals surface area contributed by atoms with E-state index in [9.17, 15) is 23.1 Å². The van der Waals surface area contributed by atoms with Gasteiger partial charge in [-0.2, -0.15) is 13.2 Å². The minimum Gasteiger partial charge on any atom is -0.478 e. The molecule has 0 saturated carbocycles. The van der Waals surface area contributed by atoms with Crippen molar-refractivity contribution in [2.24, 2.45) is 0 Å². The quantitative estimate of drug-likeness (QED) is 0.856. The highest BCUT2D eigenvalue weighted by Gasteiger charge is 2.31. The lowest BCUT2D eigenvalue weighted by Gasteiger charge is -2.19. The number of fused-ring (bicyclic) bond motifs is 1. The van der Waals surface area contributed by atoms with Crippen LogP contribution in [0.5, 0.6) is 0 Å². The van der Waals surface area contributed by atoms with Gasteiger partial charge in [0.1, 0.15) is 0 Å². The second-order valence-corrected chi connectivity index (χ2v) is 5.84. The second-order valence-electron chi connectivity index (χ2n) is 5.84. The number of hydrogen-bond acceptors (Lipinski definition) is 2. The SMILES string of the molecule is CC(C)(C)c1cc(C(=O)O)c2cc(C(F)(F)F)ccc2n1. The number of aromatic nitrogens is 1. The van der Waals surface area contributed by atoms with E-state index in [0.717, 1.165) is 12.1 Å². The lowest BCUT2D eigenvalue weighted by molar-refractivity contribution is -0.137. The molecule has 1 N–H and O–H groups in total. The fourth-order valence-corrected chi connectivity index (χ4v) is 1.96. The number of carboxylic acids is 1. The van der Waals surface area contributed by atoms with Crippen molar-refractivity contribution in [3.63, 3.8) is 0 Å². The summed E-state index contributed by atoms with van der Waals surface area (Å²) in [5.74, 6) is -1.27. The van der Waals surface area contributed by atoms with Crippen LogP contribution in [0.15, 0.2) is 24.3 Å². The molecule has 0 atom stereocenters. The molecule has 2 aromatic rings. The summed E-state index contributed by atoms with van der Waals surface area (Å²) in [6.45, 7) is 5.57. The third-order valence-electron chi connectivity index (χ3n) is 3.13. The minimum atomic E-state index is -4.52. The van der Waals surface area contributed by atoms with Crippen molar-refractivity contribution in [2.75, 3.05) is 0 Å². The van der Waals surface area contributed by atoms with Crippen LogP contribution in [-0.2, 0) is 11.6 Å². The Bertz CT molecular complexity index is 715. The molecule has 1 aromatic carbocycles. The number of carbonyl (C=O) groups is 1. The molecule has 2 rings (SSSR count). The number of alkyl halides is 3. The topological polar surface area (TPSA) is 50.2 Å². The van der Waals surface area contributed by atoms with E-state index in [4.69, 9.17) is 0 Å². The molecular weight excluding hydrogens is 283 g/mol. The first kappa shape index (κ1) is 15.3. The lowest BCUT2D eigenvalue weighted by atomic mass is 9.89. The average molecular weight is 297 g/mol. The molecule has 21 heavy (non-hydrogen) atoms. The summed E-state index contributed by atoms with van der Waals surface area (Å²) in [4.78, 5) is 15.6. The van der Waals surface area contributed by atoms with E-state index in [1.54, 1.807) is 0 Å². The van der Waals surface area contributed by atoms with E-state index in [2.05, 4.69) is 4.98 Å². The Morgan fingerprint density at radius 2 is 1.76 bits per heavy atom. The fraction of sp³-hybridized carbons (Fsp3) is 0.333. The first-order valence-corrected chi connectivity index (χ1v) is 6.26. The van der Waals surface area contributed by atoms with Gasteiger partial charge in [-0.05, 0) is 24.3 Å². The van der Waals surface area contributed by atoms with Crippen molar-refractivity contribution < 1.29 is 23.1 Å². The molecule has 0 fully saturated rings.